The van der Waals surface area contributed by atoms with Gasteiger partial charge in [-0.3, -0.25) is 4.79 Å². The third-order valence-corrected chi connectivity index (χ3v) is 2.35. The minimum absolute atomic E-state index is 0.401. The lowest BCUT2D eigenvalue weighted by Gasteiger charge is -2.08. The Morgan fingerprint density at radius 1 is 1.58 bits per heavy atom. The van der Waals surface area contributed by atoms with Gasteiger partial charge < -0.3 is 10.4 Å². The molecule has 0 amide bonds. The van der Waals surface area contributed by atoms with E-state index in [0.29, 0.717) is 6.42 Å². The molecule has 72 valence electrons. The van der Waals surface area contributed by atoms with Gasteiger partial charge >= 0.3 is 5.97 Å². The molecule has 0 spiro atoms. The standard InChI is InChI=1S/C7H15IN2O2/c1-9-5-3-2-4-6(10-8)7(11)12/h6,9-10H,2-5H2,1H3,(H,11,12). The molecule has 0 aromatic rings. The van der Waals surface area contributed by atoms with Gasteiger partial charge in [-0.15, -0.1) is 0 Å². The zero-order valence-electron chi connectivity index (χ0n) is 7.14. The summed E-state index contributed by atoms with van der Waals surface area (Å²) in [5, 5.41) is 11.7. The van der Waals surface area contributed by atoms with Gasteiger partial charge in [-0.25, -0.2) is 3.53 Å². The average molecular weight is 286 g/mol. The fraction of sp³-hybridized carbons (Fsp3) is 0.857. The third kappa shape index (κ3) is 5.73. The highest BCUT2D eigenvalue weighted by molar-refractivity contribution is 14.1. The van der Waals surface area contributed by atoms with Gasteiger partial charge in [-0.05, 0) is 26.4 Å². The molecule has 0 radical (unpaired) electrons. The summed E-state index contributed by atoms with van der Waals surface area (Å²) in [7, 11) is 1.89. The van der Waals surface area contributed by atoms with E-state index < -0.39 is 12.0 Å². The molecule has 5 heteroatoms. The molecule has 12 heavy (non-hydrogen) atoms. The van der Waals surface area contributed by atoms with Crippen LogP contribution in [-0.2, 0) is 4.79 Å². The fourth-order valence-electron chi connectivity index (χ4n) is 0.875. The number of hydrogen-bond acceptors (Lipinski definition) is 3. The van der Waals surface area contributed by atoms with Gasteiger partial charge in [-0.2, -0.15) is 0 Å². The van der Waals surface area contributed by atoms with E-state index in [1.807, 2.05) is 29.9 Å². The number of nitrogens with one attached hydrogen (secondary N) is 2. The number of unbranched alkanes of at least 4 members (excludes halogenated alkanes) is 1. The molecule has 0 aliphatic rings. The van der Waals surface area contributed by atoms with Crippen molar-refractivity contribution >= 4 is 28.8 Å². The van der Waals surface area contributed by atoms with Gasteiger partial charge in [0, 0.05) is 22.9 Å². The van der Waals surface area contributed by atoms with Crippen molar-refractivity contribution in [3.63, 3.8) is 0 Å². The molecular formula is C7H15IN2O2. The Bertz CT molecular complexity index is 133. The molecule has 0 heterocycles. The first-order chi connectivity index (χ1) is 5.72. The number of hydrogen-bond donors (Lipinski definition) is 3. The lowest BCUT2D eigenvalue weighted by atomic mass is 10.1. The quantitative estimate of drug-likeness (QED) is 0.367. The molecule has 1 unspecified atom stereocenters. The molecule has 0 saturated heterocycles. The smallest absolute Gasteiger partial charge is 0.321 e. The summed E-state index contributed by atoms with van der Waals surface area (Å²) >= 11 is 1.88. The highest BCUT2D eigenvalue weighted by Gasteiger charge is 2.13. The van der Waals surface area contributed by atoms with Crippen molar-refractivity contribution in [2.45, 2.75) is 25.3 Å². The fourth-order valence-corrected chi connectivity index (χ4v) is 1.45. The summed E-state index contributed by atoms with van der Waals surface area (Å²) < 4.78 is 2.73. The summed E-state index contributed by atoms with van der Waals surface area (Å²) in [6, 6.07) is -0.401. The lowest BCUT2D eigenvalue weighted by molar-refractivity contribution is -0.138. The van der Waals surface area contributed by atoms with Crippen molar-refractivity contribution < 1.29 is 9.90 Å². The predicted octanol–water partition coefficient (Wildman–Crippen LogP) is 0.769. The van der Waals surface area contributed by atoms with Crippen LogP contribution in [0.5, 0.6) is 0 Å². The summed E-state index contributed by atoms with van der Waals surface area (Å²) in [6.45, 7) is 0.952. The number of carboxylic acids is 1. The molecule has 0 aromatic carbocycles. The van der Waals surface area contributed by atoms with Crippen molar-refractivity contribution in [3.8, 4) is 0 Å². The third-order valence-electron chi connectivity index (χ3n) is 1.60. The van der Waals surface area contributed by atoms with Crippen molar-refractivity contribution in [2.75, 3.05) is 13.6 Å². The first kappa shape index (κ1) is 12.1. The summed E-state index contributed by atoms with van der Waals surface area (Å²) in [5.41, 5.74) is 0. The second-order valence-electron chi connectivity index (χ2n) is 2.60. The van der Waals surface area contributed by atoms with Gasteiger partial charge in [0.15, 0.2) is 0 Å². The van der Waals surface area contributed by atoms with E-state index in [1.54, 1.807) is 0 Å². The van der Waals surface area contributed by atoms with Gasteiger partial charge in [-0.1, -0.05) is 6.42 Å². The molecule has 1 atom stereocenters. The lowest BCUT2D eigenvalue weighted by Crippen LogP contribution is -2.30. The van der Waals surface area contributed by atoms with Crippen molar-refractivity contribution in [2.24, 2.45) is 0 Å². The van der Waals surface area contributed by atoms with Crippen molar-refractivity contribution in [1.82, 2.24) is 8.85 Å². The van der Waals surface area contributed by atoms with Crippen LogP contribution >= 0.6 is 22.9 Å². The molecule has 0 fully saturated rings. The van der Waals surface area contributed by atoms with Crippen LogP contribution in [0.2, 0.25) is 0 Å². The van der Waals surface area contributed by atoms with Crippen LogP contribution < -0.4 is 8.85 Å². The van der Waals surface area contributed by atoms with Crippen LogP contribution in [-0.4, -0.2) is 30.7 Å². The minimum Gasteiger partial charge on any atom is -0.480 e. The molecule has 0 bridgehead atoms. The van der Waals surface area contributed by atoms with Crippen LogP contribution in [0.25, 0.3) is 0 Å². The zero-order chi connectivity index (χ0) is 9.40. The van der Waals surface area contributed by atoms with E-state index >= 15 is 0 Å². The van der Waals surface area contributed by atoms with Crippen LogP contribution in [0.15, 0.2) is 0 Å². The summed E-state index contributed by atoms with van der Waals surface area (Å²) in [4.78, 5) is 10.5. The van der Waals surface area contributed by atoms with Crippen LogP contribution in [0.4, 0.5) is 0 Å². The van der Waals surface area contributed by atoms with E-state index in [1.165, 1.54) is 0 Å². The normalized spacial score (nSPS) is 12.8. The monoisotopic (exact) mass is 286 g/mol. The second-order valence-corrected chi connectivity index (χ2v) is 3.22. The maximum absolute atomic E-state index is 10.5. The van der Waals surface area contributed by atoms with E-state index in [9.17, 15) is 4.79 Å². The number of carbonyl (C=O) groups is 1. The largest absolute Gasteiger partial charge is 0.480 e. The molecular weight excluding hydrogens is 271 g/mol. The van der Waals surface area contributed by atoms with E-state index in [4.69, 9.17) is 5.11 Å². The van der Waals surface area contributed by atoms with Crippen LogP contribution in [0.3, 0.4) is 0 Å². The number of aliphatic carboxylic acids is 1. The zero-order valence-corrected chi connectivity index (χ0v) is 9.30. The number of carboxylic acid groups (broad SMARTS) is 1. The second kappa shape index (κ2) is 7.75. The van der Waals surface area contributed by atoms with Gasteiger partial charge in [0.05, 0.1) is 0 Å². The maximum Gasteiger partial charge on any atom is 0.321 e. The molecule has 0 rings (SSSR count). The molecule has 0 saturated carbocycles. The molecule has 0 aromatic heterocycles. The Kier molecular flexibility index (Phi) is 7.83. The van der Waals surface area contributed by atoms with Crippen LogP contribution in [0.1, 0.15) is 19.3 Å². The van der Waals surface area contributed by atoms with Crippen LogP contribution in [0, 0.1) is 0 Å². The Morgan fingerprint density at radius 3 is 2.67 bits per heavy atom. The highest BCUT2D eigenvalue weighted by Crippen LogP contribution is 2.01. The highest BCUT2D eigenvalue weighted by atomic mass is 127. The van der Waals surface area contributed by atoms with E-state index in [2.05, 4.69) is 8.85 Å². The molecule has 4 nitrogen and oxygen atoms in total. The topological polar surface area (TPSA) is 61.4 Å². The Balaban J connectivity index is 3.38. The molecule has 0 aliphatic heterocycles. The number of halogens is 1. The average Bonchev–Trinajstić information content (AvgIpc) is 2.04. The molecule has 0 aliphatic carbocycles. The Morgan fingerprint density at radius 2 is 2.25 bits per heavy atom. The first-order valence-corrected chi connectivity index (χ1v) is 5.03. The summed E-state index contributed by atoms with van der Waals surface area (Å²) in [5.74, 6) is -0.770. The van der Waals surface area contributed by atoms with Gasteiger partial charge in [0.2, 0.25) is 0 Å². The Labute approximate surface area is 86.6 Å². The Hall–Kier alpha value is 0.120. The first-order valence-electron chi connectivity index (χ1n) is 3.96. The molecule has 3 N–H and O–H groups in total. The SMILES string of the molecule is CNCCCCC(NI)C(=O)O. The number of rotatable bonds is 7. The maximum atomic E-state index is 10.5. The van der Waals surface area contributed by atoms with E-state index in [-0.39, 0.29) is 0 Å². The minimum atomic E-state index is -0.770. The van der Waals surface area contributed by atoms with Crippen molar-refractivity contribution in [1.29, 1.82) is 0 Å². The van der Waals surface area contributed by atoms with Gasteiger partial charge in [0.25, 0.3) is 0 Å². The summed E-state index contributed by atoms with van der Waals surface area (Å²) in [6.07, 6.45) is 2.66. The van der Waals surface area contributed by atoms with Gasteiger partial charge in [0.1, 0.15) is 6.04 Å². The van der Waals surface area contributed by atoms with Crippen molar-refractivity contribution in [3.05, 3.63) is 0 Å². The van der Waals surface area contributed by atoms with E-state index in [0.717, 1.165) is 19.4 Å². The predicted molar refractivity (Wildman–Crippen MR) is 56.4 cm³/mol.